The number of hydrogen-bond donors (Lipinski definition) is 0. The summed E-state index contributed by atoms with van der Waals surface area (Å²) in [6, 6.07) is 5.06. The molecule has 1 heterocycles. The van der Waals surface area contributed by atoms with Crippen LogP contribution in [0.3, 0.4) is 0 Å². The van der Waals surface area contributed by atoms with Crippen molar-refractivity contribution in [3.8, 4) is 0 Å². The second kappa shape index (κ2) is 3.58. The average Bonchev–Trinajstić information content (AvgIpc) is 2.60. The number of carbonyl (C=O) groups is 1. The molecule has 3 rings (SSSR count). The summed E-state index contributed by atoms with van der Waals surface area (Å²) in [6.45, 7) is 0.644. The lowest BCUT2D eigenvalue weighted by Gasteiger charge is -2.29. The third-order valence-corrected chi connectivity index (χ3v) is 3.67. The number of benzene rings is 1. The summed E-state index contributed by atoms with van der Waals surface area (Å²) < 4.78 is 13.7. The van der Waals surface area contributed by atoms with Crippen LogP contribution >= 0.6 is 0 Å². The van der Waals surface area contributed by atoms with E-state index in [1.807, 2.05) is 6.07 Å². The fraction of sp³-hybridized carbons (Fsp3) is 0.462. The van der Waals surface area contributed by atoms with E-state index >= 15 is 0 Å². The minimum Gasteiger partial charge on any atom is -0.309 e. The third-order valence-electron chi connectivity index (χ3n) is 3.67. The van der Waals surface area contributed by atoms with E-state index in [0.29, 0.717) is 12.2 Å². The van der Waals surface area contributed by atoms with Gasteiger partial charge in [0, 0.05) is 12.5 Å². The molecule has 2 aliphatic rings. The summed E-state index contributed by atoms with van der Waals surface area (Å²) in [6.07, 6.45) is 3.86. The van der Waals surface area contributed by atoms with Crippen LogP contribution in [-0.2, 0) is 11.2 Å². The van der Waals surface area contributed by atoms with Gasteiger partial charge in [0.05, 0.1) is 5.69 Å². The Balaban J connectivity index is 1.93. The first kappa shape index (κ1) is 9.82. The summed E-state index contributed by atoms with van der Waals surface area (Å²) in [5, 5.41) is 0. The van der Waals surface area contributed by atoms with Crippen LogP contribution in [0.25, 0.3) is 0 Å². The molecule has 0 N–H and O–H groups in total. The molecule has 0 spiro atoms. The maximum Gasteiger partial charge on any atom is 0.230 e. The van der Waals surface area contributed by atoms with E-state index in [2.05, 4.69) is 0 Å². The lowest BCUT2D eigenvalue weighted by atomic mass is 9.84. The van der Waals surface area contributed by atoms with Crippen molar-refractivity contribution in [3.05, 3.63) is 29.6 Å². The Kier molecular flexibility index (Phi) is 2.20. The summed E-state index contributed by atoms with van der Waals surface area (Å²) in [5.74, 6) is 0.00308. The van der Waals surface area contributed by atoms with E-state index in [0.717, 1.165) is 31.2 Å². The zero-order valence-electron chi connectivity index (χ0n) is 9.08. The number of hydrogen-bond acceptors (Lipinski definition) is 1. The Labute approximate surface area is 94.1 Å². The van der Waals surface area contributed by atoms with Gasteiger partial charge in [-0.25, -0.2) is 4.39 Å². The van der Waals surface area contributed by atoms with Crippen molar-refractivity contribution in [1.29, 1.82) is 0 Å². The van der Waals surface area contributed by atoms with Crippen molar-refractivity contribution < 1.29 is 9.18 Å². The highest BCUT2D eigenvalue weighted by Crippen LogP contribution is 2.35. The van der Waals surface area contributed by atoms with Crippen molar-refractivity contribution in [2.24, 2.45) is 5.92 Å². The molecule has 0 saturated heterocycles. The number of carbonyl (C=O) groups excluding carboxylic acids is 1. The molecule has 0 bridgehead atoms. The third kappa shape index (κ3) is 1.34. The standard InChI is InChI=1S/C13H14FNO/c14-11-6-2-3-9-7-8-15(12(9)11)13(16)10-4-1-5-10/h2-3,6,10H,1,4-5,7-8H2. The topological polar surface area (TPSA) is 20.3 Å². The smallest absolute Gasteiger partial charge is 0.230 e. The van der Waals surface area contributed by atoms with Gasteiger partial charge in [-0.15, -0.1) is 0 Å². The van der Waals surface area contributed by atoms with Crippen LogP contribution < -0.4 is 4.90 Å². The maximum atomic E-state index is 13.7. The molecule has 1 fully saturated rings. The molecule has 1 saturated carbocycles. The van der Waals surface area contributed by atoms with Gasteiger partial charge in [0.15, 0.2) is 0 Å². The van der Waals surface area contributed by atoms with Gasteiger partial charge in [-0.2, -0.15) is 0 Å². The predicted octanol–water partition coefficient (Wildman–Crippen LogP) is 2.51. The largest absolute Gasteiger partial charge is 0.309 e. The summed E-state index contributed by atoms with van der Waals surface area (Å²) in [5.41, 5.74) is 1.49. The van der Waals surface area contributed by atoms with Crippen LogP contribution in [0.15, 0.2) is 18.2 Å². The van der Waals surface area contributed by atoms with Crippen molar-refractivity contribution in [2.75, 3.05) is 11.4 Å². The van der Waals surface area contributed by atoms with Crippen molar-refractivity contribution in [1.82, 2.24) is 0 Å². The molecule has 0 atom stereocenters. The molecule has 16 heavy (non-hydrogen) atoms. The van der Waals surface area contributed by atoms with E-state index in [9.17, 15) is 9.18 Å². The Morgan fingerprint density at radius 2 is 2.19 bits per heavy atom. The molecule has 1 amide bonds. The monoisotopic (exact) mass is 219 g/mol. The first-order chi connectivity index (χ1) is 7.77. The minimum atomic E-state index is -0.261. The lowest BCUT2D eigenvalue weighted by molar-refractivity contribution is -0.124. The van der Waals surface area contributed by atoms with Crippen LogP contribution in [0.2, 0.25) is 0 Å². The van der Waals surface area contributed by atoms with E-state index in [4.69, 9.17) is 0 Å². The Morgan fingerprint density at radius 1 is 1.38 bits per heavy atom. The molecule has 0 aromatic heterocycles. The molecule has 1 aliphatic heterocycles. The fourth-order valence-corrected chi connectivity index (χ4v) is 2.50. The molecule has 2 nitrogen and oxygen atoms in total. The molecule has 84 valence electrons. The van der Waals surface area contributed by atoms with Crippen molar-refractivity contribution in [2.45, 2.75) is 25.7 Å². The molecule has 3 heteroatoms. The average molecular weight is 219 g/mol. The quantitative estimate of drug-likeness (QED) is 0.710. The Bertz CT molecular complexity index is 440. The number of halogens is 1. The first-order valence-electron chi connectivity index (χ1n) is 5.86. The second-order valence-electron chi connectivity index (χ2n) is 4.62. The van der Waals surface area contributed by atoms with E-state index in [1.54, 1.807) is 11.0 Å². The molecule has 0 radical (unpaired) electrons. The number of para-hydroxylation sites is 1. The summed E-state index contributed by atoms with van der Waals surface area (Å²) in [7, 11) is 0. The van der Waals surface area contributed by atoms with Gasteiger partial charge in [-0.3, -0.25) is 4.79 Å². The van der Waals surface area contributed by atoms with Crippen molar-refractivity contribution >= 4 is 11.6 Å². The summed E-state index contributed by atoms with van der Waals surface area (Å²) in [4.78, 5) is 13.7. The van der Waals surface area contributed by atoms with Crippen LogP contribution in [0.5, 0.6) is 0 Å². The number of fused-ring (bicyclic) bond motifs is 1. The van der Waals surface area contributed by atoms with Gasteiger partial charge in [0.2, 0.25) is 5.91 Å². The van der Waals surface area contributed by atoms with E-state index in [1.165, 1.54) is 6.07 Å². The molecule has 1 aromatic rings. The number of nitrogens with zero attached hydrogens (tertiary/aromatic N) is 1. The van der Waals surface area contributed by atoms with Crippen LogP contribution in [-0.4, -0.2) is 12.5 Å². The highest BCUT2D eigenvalue weighted by molar-refractivity contribution is 5.97. The number of amides is 1. The van der Waals surface area contributed by atoms with Gasteiger partial charge in [-0.05, 0) is 30.9 Å². The Hall–Kier alpha value is -1.38. The Morgan fingerprint density at radius 3 is 2.88 bits per heavy atom. The van der Waals surface area contributed by atoms with Crippen LogP contribution in [0.1, 0.15) is 24.8 Å². The van der Waals surface area contributed by atoms with Crippen LogP contribution in [0, 0.1) is 11.7 Å². The van der Waals surface area contributed by atoms with Gasteiger partial charge in [0.25, 0.3) is 0 Å². The normalized spacial score (nSPS) is 19.4. The second-order valence-corrected chi connectivity index (χ2v) is 4.62. The highest BCUT2D eigenvalue weighted by Gasteiger charge is 2.34. The molecule has 0 unspecified atom stereocenters. The van der Waals surface area contributed by atoms with E-state index in [-0.39, 0.29) is 17.6 Å². The number of rotatable bonds is 1. The molecular formula is C13H14FNO. The van der Waals surface area contributed by atoms with Crippen LogP contribution in [0.4, 0.5) is 10.1 Å². The minimum absolute atomic E-state index is 0.120. The van der Waals surface area contributed by atoms with Gasteiger partial charge >= 0.3 is 0 Å². The van der Waals surface area contributed by atoms with Gasteiger partial charge < -0.3 is 4.90 Å². The zero-order valence-corrected chi connectivity index (χ0v) is 9.08. The predicted molar refractivity (Wildman–Crippen MR) is 59.8 cm³/mol. The molecule has 1 aromatic carbocycles. The highest BCUT2D eigenvalue weighted by atomic mass is 19.1. The lowest BCUT2D eigenvalue weighted by Crippen LogP contribution is -2.38. The maximum absolute atomic E-state index is 13.7. The van der Waals surface area contributed by atoms with Crippen molar-refractivity contribution in [3.63, 3.8) is 0 Å². The fourth-order valence-electron chi connectivity index (χ4n) is 2.50. The molecular weight excluding hydrogens is 205 g/mol. The molecule has 1 aliphatic carbocycles. The van der Waals surface area contributed by atoms with E-state index < -0.39 is 0 Å². The van der Waals surface area contributed by atoms with Gasteiger partial charge in [-0.1, -0.05) is 18.6 Å². The van der Waals surface area contributed by atoms with Gasteiger partial charge in [0.1, 0.15) is 5.82 Å². The zero-order chi connectivity index (χ0) is 11.1. The first-order valence-corrected chi connectivity index (χ1v) is 5.86. The SMILES string of the molecule is O=C(C1CCC1)N1CCc2cccc(F)c21. The number of anilines is 1. The summed E-state index contributed by atoms with van der Waals surface area (Å²) >= 11 is 0.